The van der Waals surface area contributed by atoms with E-state index in [-0.39, 0.29) is 31.1 Å². The van der Waals surface area contributed by atoms with Gasteiger partial charge >= 0.3 is 17.9 Å². The van der Waals surface area contributed by atoms with Crippen molar-refractivity contribution < 1.29 is 28.6 Å². The summed E-state index contributed by atoms with van der Waals surface area (Å²) < 4.78 is 16.6. The lowest BCUT2D eigenvalue weighted by molar-refractivity contribution is -0.167. The molecule has 6 heteroatoms. The first-order valence-corrected chi connectivity index (χ1v) is 21.7. The fourth-order valence-electron chi connectivity index (χ4n) is 6.20. The van der Waals surface area contributed by atoms with Gasteiger partial charge < -0.3 is 14.2 Å². The van der Waals surface area contributed by atoms with E-state index >= 15 is 0 Å². The quantitative estimate of drug-likeness (QED) is 0.0274. The van der Waals surface area contributed by atoms with Crippen molar-refractivity contribution in [2.45, 2.75) is 239 Å². The normalized spacial score (nSPS) is 12.0. The van der Waals surface area contributed by atoms with Gasteiger partial charge in [0.05, 0.1) is 0 Å². The molecular weight excluding hydrogens is 624 g/mol. The summed E-state index contributed by atoms with van der Waals surface area (Å²) in [6.45, 7) is 6.55. The average molecular weight is 707 g/mol. The smallest absolute Gasteiger partial charge is 0.306 e. The molecular formula is C44H82O6. The number of hydrogen-bond donors (Lipinski definition) is 0. The van der Waals surface area contributed by atoms with Crippen LogP contribution in [0.15, 0.2) is 12.2 Å². The second kappa shape index (κ2) is 39.9. The van der Waals surface area contributed by atoms with Crippen molar-refractivity contribution in [3.8, 4) is 0 Å². The highest BCUT2D eigenvalue weighted by Crippen LogP contribution is 2.14. The van der Waals surface area contributed by atoms with Gasteiger partial charge in [-0.3, -0.25) is 14.4 Å². The van der Waals surface area contributed by atoms with Gasteiger partial charge in [0.1, 0.15) is 13.2 Å². The van der Waals surface area contributed by atoms with E-state index < -0.39 is 6.10 Å². The summed E-state index contributed by atoms with van der Waals surface area (Å²) in [7, 11) is 0. The standard InChI is InChI=1S/C44H82O6/c1-4-7-10-13-16-18-19-20-21-22-23-24-25-27-28-31-34-37-43(46)49-40-41(39-48-42(45)36-33-30-15-12-9-6-3)50-44(47)38-35-32-29-26-17-14-11-8-5-2/h20-21,41H,4-19,22-40H2,1-3H3/b21-20-. The van der Waals surface area contributed by atoms with Crippen LogP contribution >= 0.6 is 0 Å². The van der Waals surface area contributed by atoms with E-state index in [0.29, 0.717) is 19.3 Å². The minimum atomic E-state index is -0.760. The first-order chi connectivity index (χ1) is 24.5. The molecule has 294 valence electrons. The van der Waals surface area contributed by atoms with E-state index in [4.69, 9.17) is 14.2 Å². The van der Waals surface area contributed by atoms with Crippen LogP contribution in [0, 0.1) is 0 Å². The maximum Gasteiger partial charge on any atom is 0.306 e. The zero-order valence-corrected chi connectivity index (χ0v) is 33.4. The van der Waals surface area contributed by atoms with Crippen LogP contribution in [0.5, 0.6) is 0 Å². The van der Waals surface area contributed by atoms with Gasteiger partial charge in [0.15, 0.2) is 6.10 Å². The topological polar surface area (TPSA) is 78.9 Å². The van der Waals surface area contributed by atoms with Crippen molar-refractivity contribution in [2.24, 2.45) is 0 Å². The Balaban J connectivity index is 4.19. The molecule has 1 atom stereocenters. The average Bonchev–Trinajstić information content (AvgIpc) is 3.11. The van der Waals surface area contributed by atoms with Crippen molar-refractivity contribution in [1.82, 2.24) is 0 Å². The Morgan fingerprint density at radius 2 is 0.660 bits per heavy atom. The third-order valence-electron chi connectivity index (χ3n) is 9.52. The van der Waals surface area contributed by atoms with Crippen molar-refractivity contribution in [1.29, 1.82) is 0 Å². The summed E-state index contributed by atoms with van der Waals surface area (Å²) in [5.41, 5.74) is 0. The lowest BCUT2D eigenvalue weighted by atomic mass is 10.1. The van der Waals surface area contributed by atoms with Crippen LogP contribution in [0.1, 0.15) is 233 Å². The summed E-state index contributed by atoms with van der Waals surface area (Å²) in [5.74, 6) is -0.881. The second-order valence-corrected chi connectivity index (χ2v) is 14.6. The number of hydrogen-bond acceptors (Lipinski definition) is 6. The first kappa shape index (κ1) is 48.1. The number of ether oxygens (including phenoxy) is 3. The summed E-state index contributed by atoms with van der Waals surface area (Å²) >= 11 is 0. The third-order valence-corrected chi connectivity index (χ3v) is 9.52. The fraction of sp³-hybridized carbons (Fsp3) is 0.886. The van der Waals surface area contributed by atoms with E-state index in [0.717, 1.165) is 57.8 Å². The number of allylic oxidation sites excluding steroid dienone is 2. The van der Waals surface area contributed by atoms with Gasteiger partial charge in [0.2, 0.25) is 0 Å². The van der Waals surface area contributed by atoms with Crippen LogP contribution in [0.2, 0.25) is 0 Å². The zero-order valence-electron chi connectivity index (χ0n) is 33.4. The van der Waals surface area contributed by atoms with Crippen molar-refractivity contribution >= 4 is 17.9 Å². The molecule has 1 unspecified atom stereocenters. The van der Waals surface area contributed by atoms with E-state index in [2.05, 4.69) is 32.9 Å². The number of unbranched alkanes of at least 4 members (excludes halogenated alkanes) is 26. The summed E-state index contributed by atoms with van der Waals surface area (Å²) in [4.78, 5) is 37.4. The molecule has 50 heavy (non-hydrogen) atoms. The minimum absolute atomic E-state index is 0.0691. The van der Waals surface area contributed by atoms with E-state index in [1.807, 2.05) is 0 Å². The van der Waals surface area contributed by atoms with Crippen LogP contribution in [0.25, 0.3) is 0 Å². The number of carbonyl (C=O) groups excluding carboxylic acids is 3. The van der Waals surface area contributed by atoms with Crippen LogP contribution in [0.4, 0.5) is 0 Å². The Bertz CT molecular complexity index is 778. The molecule has 0 rings (SSSR count). The fourth-order valence-corrected chi connectivity index (χ4v) is 6.20. The molecule has 0 radical (unpaired) electrons. The molecule has 0 aliphatic heterocycles. The van der Waals surface area contributed by atoms with Gasteiger partial charge in [-0.05, 0) is 44.9 Å². The molecule has 0 saturated carbocycles. The molecule has 0 amide bonds. The van der Waals surface area contributed by atoms with Crippen molar-refractivity contribution in [2.75, 3.05) is 13.2 Å². The van der Waals surface area contributed by atoms with Gasteiger partial charge in [-0.1, -0.05) is 181 Å². The molecule has 0 heterocycles. The maximum absolute atomic E-state index is 12.6. The molecule has 0 fully saturated rings. The number of rotatable bonds is 39. The zero-order chi connectivity index (χ0) is 36.6. The van der Waals surface area contributed by atoms with Crippen LogP contribution in [-0.4, -0.2) is 37.2 Å². The Labute approximate surface area is 310 Å². The highest BCUT2D eigenvalue weighted by Gasteiger charge is 2.19. The second-order valence-electron chi connectivity index (χ2n) is 14.6. The minimum Gasteiger partial charge on any atom is -0.462 e. The van der Waals surface area contributed by atoms with E-state index in [1.165, 1.54) is 135 Å². The maximum atomic E-state index is 12.6. The SMILES string of the molecule is CCCCCCCC/C=C\CCCCCCCCCC(=O)OCC(COC(=O)CCCCCCCC)OC(=O)CCCCCCCCCCC. The monoisotopic (exact) mass is 707 g/mol. The van der Waals surface area contributed by atoms with Gasteiger partial charge in [0, 0.05) is 19.3 Å². The molecule has 0 aromatic carbocycles. The molecule has 0 spiro atoms. The molecule has 0 bridgehead atoms. The Morgan fingerprint density at radius 3 is 1.00 bits per heavy atom. The molecule has 0 aromatic heterocycles. The Hall–Kier alpha value is -1.85. The lowest BCUT2D eigenvalue weighted by Crippen LogP contribution is -2.30. The highest BCUT2D eigenvalue weighted by molar-refractivity contribution is 5.71. The molecule has 0 aliphatic carbocycles. The van der Waals surface area contributed by atoms with Gasteiger partial charge in [0.25, 0.3) is 0 Å². The van der Waals surface area contributed by atoms with Crippen LogP contribution in [0.3, 0.4) is 0 Å². The summed E-state index contributed by atoms with van der Waals surface area (Å²) in [6, 6.07) is 0. The molecule has 6 nitrogen and oxygen atoms in total. The largest absolute Gasteiger partial charge is 0.462 e. The predicted molar refractivity (Wildman–Crippen MR) is 210 cm³/mol. The summed E-state index contributed by atoms with van der Waals surface area (Å²) in [5, 5.41) is 0. The summed E-state index contributed by atoms with van der Waals surface area (Å²) in [6.07, 6.45) is 40.7. The molecule has 0 aliphatic rings. The van der Waals surface area contributed by atoms with Gasteiger partial charge in [-0.25, -0.2) is 0 Å². The third kappa shape index (κ3) is 37.4. The van der Waals surface area contributed by atoms with Crippen molar-refractivity contribution in [3.63, 3.8) is 0 Å². The number of esters is 3. The predicted octanol–water partition coefficient (Wildman–Crippen LogP) is 13.5. The van der Waals surface area contributed by atoms with Gasteiger partial charge in [-0.15, -0.1) is 0 Å². The molecule has 0 aromatic rings. The first-order valence-electron chi connectivity index (χ1n) is 21.7. The molecule has 0 N–H and O–H groups in total. The van der Waals surface area contributed by atoms with E-state index in [9.17, 15) is 14.4 Å². The van der Waals surface area contributed by atoms with Crippen LogP contribution in [-0.2, 0) is 28.6 Å². The van der Waals surface area contributed by atoms with Crippen LogP contribution < -0.4 is 0 Å². The number of carbonyl (C=O) groups is 3. The Morgan fingerprint density at radius 1 is 0.380 bits per heavy atom. The Kier molecular flexibility index (Phi) is 38.5. The van der Waals surface area contributed by atoms with E-state index in [1.54, 1.807) is 0 Å². The van der Waals surface area contributed by atoms with Crippen molar-refractivity contribution in [3.05, 3.63) is 12.2 Å². The highest BCUT2D eigenvalue weighted by atomic mass is 16.6. The lowest BCUT2D eigenvalue weighted by Gasteiger charge is -2.18. The van der Waals surface area contributed by atoms with Gasteiger partial charge in [-0.2, -0.15) is 0 Å². The molecule has 0 saturated heterocycles.